The van der Waals surface area contributed by atoms with Crippen molar-refractivity contribution in [2.45, 2.75) is 19.4 Å². The van der Waals surface area contributed by atoms with Crippen LogP contribution in [0.15, 0.2) is 48.5 Å². The molecule has 1 amide bonds. The smallest absolute Gasteiger partial charge is 0.252 e. The van der Waals surface area contributed by atoms with Crippen LogP contribution < -0.4 is 10.1 Å². The summed E-state index contributed by atoms with van der Waals surface area (Å²) in [7, 11) is 0. The fourth-order valence-electron chi connectivity index (χ4n) is 2.40. The number of fused-ring (bicyclic) bond motifs is 1. The van der Waals surface area contributed by atoms with Crippen LogP contribution in [0, 0.1) is 6.92 Å². The van der Waals surface area contributed by atoms with Crippen molar-refractivity contribution in [3.8, 4) is 5.75 Å². The van der Waals surface area contributed by atoms with Crippen molar-refractivity contribution in [3.63, 3.8) is 0 Å². The molecule has 130 valence electrons. The van der Waals surface area contributed by atoms with Crippen molar-refractivity contribution in [1.29, 1.82) is 0 Å². The van der Waals surface area contributed by atoms with Crippen LogP contribution in [0.25, 0.3) is 10.2 Å². The Morgan fingerprint density at radius 3 is 2.80 bits per heavy atom. The average molecular weight is 356 g/mol. The average Bonchev–Trinajstić information content (AvgIpc) is 3.03. The molecule has 2 N–H and O–H groups in total. The van der Waals surface area contributed by atoms with E-state index in [9.17, 15) is 9.90 Å². The Labute approximate surface area is 150 Å². The minimum atomic E-state index is -1.20. The molecule has 0 saturated carbocycles. The van der Waals surface area contributed by atoms with Gasteiger partial charge in [-0.05, 0) is 30.7 Å². The number of carbonyl (C=O) groups is 1. The maximum absolute atomic E-state index is 12.0. The molecular weight excluding hydrogens is 336 g/mol. The zero-order valence-corrected chi connectivity index (χ0v) is 14.8. The highest BCUT2D eigenvalue weighted by atomic mass is 32.1. The Hall–Kier alpha value is -2.44. The molecule has 3 rings (SSSR count). The van der Waals surface area contributed by atoms with Gasteiger partial charge in [0.15, 0.2) is 6.10 Å². The molecule has 0 aliphatic heterocycles. The van der Waals surface area contributed by atoms with Gasteiger partial charge in [-0.25, -0.2) is 4.98 Å². The van der Waals surface area contributed by atoms with E-state index in [1.807, 2.05) is 55.5 Å². The highest BCUT2D eigenvalue weighted by Gasteiger charge is 2.16. The van der Waals surface area contributed by atoms with Crippen LogP contribution in [0.4, 0.5) is 0 Å². The lowest BCUT2D eigenvalue weighted by Gasteiger charge is -2.13. The second kappa shape index (κ2) is 8.09. The molecule has 1 atom stereocenters. The van der Waals surface area contributed by atoms with Gasteiger partial charge >= 0.3 is 0 Å². The van der Waals surface area contributed by atoms with E-state index in [-0.39, 0.29) is 6.61 Å². The van der Waals surface area contributed by atoms with E-state index in [0.717, 1.165) is 20.8 Å². The minimum absolute atomic E-state index is 0.0716. The first kappa shape index (κ1) is 17.4. The second-order valence-corrected chi connectivity index (χ2v) is 6.82. The van der Waals surface area contributed by atoms with Gasteiger partial charge in [0.25, 0.3) is 5.91 Å². The lowest BCUT2D eigenvalue weighted by atomic mass is 10.2. The predicted molar refractivity (Wildman–Crippen MR) is 99.0 cm³/mol. The molecule has 0 spiro atoms. The van der Waals surface area contributed by atoms with Crippen LogP contribution >= 0.6 is 11.3 Å². The number of aryl methyl sites for hydroxylation is 1. The second-order valence-electron chi connectivity index (χ2n) is 5.71. The summed E-state index contributed by atoms with van der Waals surface area (Å²) in [5.41, 5.74) is 1.94. The van der Waals surface area contributed by atoms with Gasteiger partial charge in [-0.15, -0.1) is 11.3 Å². The fraction of sp³-hybridized carbons (Fsp3) is 0.263. The maximum Gasteiger partial charge on any atom is 0.252 e. The number of nitrogens with one attached hydrogen (secondary N) is 1. The zero-order valence-electron chi connectivity index (χ0n) is 13.9. The monoisotopic (exact) mass is 356 g/mol. The standard InChI is InChI=1S/C19H20N2O3S/c1-13-6-2-4-8-16(13)24-12-15(22)19(23)20-11-10-18-21-14-7-3-5-9-17(14)25-18/h2-9,15,22H,10-12H2,1H3,(H,20,23). The number of benzene rings is 2. The Balaban J connectivity index is 1.44. The molecule has 0 radical (unpaired) electrons. The molecule has 1 heterocycles. The van der Waals surface area contributed by atoms with Crippen molar-refractivity contribution in [2.75, 3.05) is 13.2 Å². The van der Waals surface area contributed by atoms with Gasteiger partial charge in [-0.2, -0.15) is 0 Å². The van der Waals surface area contributed by atoms with Crippen molar-refractivity contribution < 1.29 is 14.6 Å². The third kappa shape index (κ3) is 4.55. The van der Waals surface area contributed by atoms with E-state index in [0.29, 0.717) is 18.7 Å². The van der Waals surface area contributed by atoms with Gasteiger partial charge in [-0.1, -0.05) is 30.3 Å². The van der Waals surface area contributed by atoms with Crippen molar-refractivity contribution >= 4 is 27.5 Å². The number of aromatic nitrogens is 1. The number of thiazole rings is 1. The Morgan fingerprint density at radius 2 is 2.00 bits per heavy atom. The normalized spacial score (nSPS) is 12.1. The summed E-state index contributed by atoms with van der Waals surface area (Å²) in [5.74, 6) is 0.235. The van der Waals surface area contributed by atoms with Crippen LogP contribution in [-0.2, 0) is 11.2 Å². The first-order chi connectivity index (χ1) is 12.1. The number of aliphatic hydroxyl groups excluding tert-OH is 1. The Kier molecular flexibility index (Phi) is 5.63. The molecular formula is C19H20N2O3S. The van der Waals surface area contributed by atoms with Crippen LogP contribution in [0.2, 0.25) is 0 Å². The number of nitrogens with zero attached hydrogens (tertiary/aromatic N) is 1. The highest BCUT2D eigenvalue weighted by molar-refractivity contribution is 7.18. The van der Waals surface area contributed by atoms with E-state index in [1.54, 1.807) is 11.3 Å². The first-order valence-corrected chi connectivity index (χ1v) is 8.94. The van der Waals surface area contributed by atoms with E-state index >= 15 is 0 Å². The van der Waals surface area contributed by atoms with Crippen molar-refractivity contribution in [1.82, 2.24) is 10.3 Å². The number of aliphatic hydroxyl groups is 1. The number of hydrogen-bond donors (Lipinski definition) is 2. The number of ether oxygens (including phenoxy) is 1. The Bertz CT molecular complexity index is 830. The number of rotatable bonds is 7. The van der Waals surface area contributed by atoms with Gasteiger partial charge in [0, 0.05) is 13.0 Å². The van der Waals surface area contributed by atoms with Gasteiger partial charge in [0.05, 0.1) is 15.2 Å². The third-order valence-corrected chi connectivity index (χ3v) is 4.87. The number of carbonyl (C=O) groups excluding carboxylic acids is 1. The first-order valence-electron chi connectivity index (χ1n) is 8.12. The molecule has 3 aromatic rings. The maximum atomic E-state index is 12.0. The molecule has 5 nitrogen and oxygen atoms in total. The van der Waals surface area contributed by atoms with Crippen molar-refractivity contribution in [2.24, 2.45) is 0 Å². The van der Waals surface area contributed by atoms with Crippen LogP contribution in [0.1, 0.15) is 10.6 Å². The topological polar surface area (TPSA) is 71.5 Å². The summed E-state index contributed by atoms with van der Waals surface area (Å²) in [6, 6.07) is 15.4. The zero-order chi connectivity index (χ0) is 17.6. The van der Waals surface area contributed by atoms with E-state index < -0.39 is 12.0 Å². The quantitative estimate of drug-likeness (QED) is 0.683. The summed E-state index contributed by atoms with van der Waals surface area (Å²) >= 11 is 1.62. The molecule has 0 saturated heterocycles. The molecule has 2 aromatic carbocycles. The van der Waals surface area contributed by atoms with Crippen molar-refractivity contribution in [3.05, 3.63) is 59.1 Å². The lowest BCUT2D eigenvalue weighted by molar-refractivity contribution is -0.130. The van der Waals surface area contributed by atoms with E-state index in [4.69, 9.17) is 4.74 Å². The van der Waals surface area contributed by atoms with E-state index in [2.05, 4.69) is 10.3 Å². The van der Waals surface area contributed by atoms with Crippen LogP contribution in [0.3, 0.4) is 0 Å². The SMILES string of the molecule is Cc1ccccc1OCC(O)C(=O)NCCc1nc2ccccc2s1. The van der Waals surface area contributed by atoms with Crippen LogP contribution in [0.5, 0.6) is 5.75 Å². The lowest BCUT2D eigenvalue weighted by Crippen LogP contribution is -2.39. The Morgan fingerprint density at radius 1 is 1.24 bits per heavy atom. The highest BCUT2D eigenvalue weighted by Crippen LogP contribution is 2.21. The fourth-order valence-corrected chi connectivity index (χ4v) is 3.37. The third-order valence-electron chi connectivity index (χ3n) is 3.77. The molecule has 6 heteroatoms. The molecule has 0 fully saturated rings. The summed E-state index contributed by atoms with van der Waals surface area (Å²) in [5, 5.41) is 13.6. The molecule has 0 aliphatic rings. The number of amides is 1. The minimum Gasteiger partial charge on any atom is -0.490 e. The molecule has 1 unspecified atom stereocenters. The summed E-state index contributed by atoms with van der Waals surface area (Å²) in [6.45, 7) is 2.28. The van der Waals surface area contributed by atoms with Gasteiger partial charge in [0.1, 0.15) is 12.4 Å². The van der Waals surface area contributed by atoms with Crippen LogP contribution in [-0.4, -0.2) is 35.3 Å². The molecule has 1 aromatic heterocycles. The predicted octanol–water partition coefficient (Wildman–Crippen LogP) is 2.70. The summed E-state index contributed by atoms with van der Waals surface area (Å²) in [6.07, 6.45) is -0.564. The number of hydrogen-bond acceptors (Lipinski definition) is 5. The van der Waals surface area contributed by atoms with Gasteiger partial charge in [0.2, 0.25) is 0 Å². The molecule has 0 aliphatic carbocycles. The summed E-state index contributed by atoms with van der Waals surface area (Å²) in [4.78, 5) is 16.5. The molecule has 25 heavy (non-hydrogen) atoms. The van der Waals surface area contributed by atoms with E-state index in [1.165, 1.54) is 0 Å². The van der Waals surface area contributed by atoms with Gasteiger partial charge < -0.3 is 15.2 Å². The van der Waals surface area contributed by atoms with Gasteiger partial charge in [-0.3, -0.25) is 4.79 Å². The number of para-hydroxylation sites is 2. The summed E-state index contributed by atoms with van der Waals surface area (Å²) < 4.78 is 6.64. The largest absolute Gasteiger partial charge is 0.490 e. The molecule has 0 bridgehead atoms.